The molecule has 6 nitrogen and oxygen atoms in total. The molecule has 0 aliphatic heterocycles. The monoisotopic (exact) mass is 151 g/mol. The fourth-order valence-electron chi connectivity index (χ4n) is 0.140. The molecule has 0 aliphatic carbocycles. The molecule has 0 amide bonds. The fourth-order valence-corrected chi connectivity index (χ4v) is 0.174. The van der Waals surface area contributed by atoms with Crippen LogP contribution in [0.4, 0.5) is 0 Å². The summed E-state index contributed by atoms with van der Waals surface area (Å²) in [6, 6.07) is 0. The van der Waals surface area contributed by atoms with E-state index in [9.17, 15) is 10.1 Å². The molecule has 0 saturated heterocycles. The van der Waals surface area contributed by atoms with Gasteiger partial charge in [-0.15, -0.1) is 10.1 Å². The van der Waals surface area contributed by atoms with Crippen molar-refractivity contribution in [3.05, 3.63) is 10.1 Å². The number of hydrogen-bond donors (Lipinski definition) is 1. The Kier molecular flexibility index (Phi) is 2.65. The zero-order valence-electron chi connectivity index (χ0n) is 4.60. The lowest BCUT2D eigenvalue weighted by molar-refractivity contribution is -0.800. The Bertz CT molecular complexity index is 137. The molecule has 0 radical (unpaired) electrons. The van der Waals surface area contributed by atoms with Crippen molar-refractivity contribution in [2.75, 3.05) is 7.05 Å². The summed E-state index contributed by atoms with van der Waals surface area (Å²) in [6.07, 6.45) is 0. The van der Waals surface area contributed by atoms with Crippen molar-refractivity contribution in [2.45, 2.75) is 0 Å². The van der Waals surface area contributed by atoms with Crippen molar-refractivity contribution in [3.8, 4) is 0 Å². The van der Waals surface area contributed by atoms with Crippen molar-refractivity contribution in [3.63, 3.8) is 0 Å². The molecule has 9 heavy (non-hydrogen) atoms. The van der Waals surface area contributed by atoms with Gasteiger partial charge in [0, 0.05) is 7.05 Å². The van der Waals surface area contributed by atoms with E-state index >= 15 is 0 Å². The maximum atomic E-state index is 9.54. The molecular formula is C2H5N3O3S. The lowest BCUT2D eigenvalue weighted by Gasteiger charge is -2.10. The second-order valence-corrected chi connectivity index (χ2v) is 1.56. The molecule has 0 spiro atoms. The van der Waals surface area contributed by atoms with E-state index in [0.717, 1.165) is 0 Å². The largest absolute Gasteiger partial charge is 0.375 e. The van der Waals surface area contributed by atoms with Gasteiger partial charge in [-0.1, -0.05) is 0 Å². The Labute approximate surface area is 56.2 Å². The molecule has 0 aromatic rings. The third-order valence-electron chi connectivity index (χ3n) is 0.500. The quantitative estimate of drug-likeness (QED) is 0.319. The van der Waals surface area contributed by atoms with Gasteiger partial charge < -0.3 is 5.73 Å². The van der Waals surface area contributed by atoms with Crippen molar-refractivity contribution in [1.29, 1.82) is 0 Å². The predicted molar refractivity (Wildman–Crippen MR) is 32.6 cm³/mol. The molecule has 0 atom stereocenters. The zero-order chi connectivity index (χ0) is 7.44. The lowest BCUT2D eigenvalue weighted by atomic mass is 11.1. The second kappa shape index (κ2) is 3.02. The van der Waals surface area contributed by atoms with Crippen molar-refractivity contribution >= 4 is 17.3 Å². The van der Waals surface area contributed by atoms with Crippen LogP contribution in [0.25, 0.3) is 0 Å². The molecule has 0 aromatic heterocycles. The van der Waals surface area contributed by atoms with E-state index in [-0.39, 0.29) is 5.11 Å². The highest BCUT2D eigenvalue weighted by Gasteiger charge is 2.02. The lowest BCUT2D eigenvalue weighted by Crippen LogP contribution is -2.33. The van der Waals surface area contributed by atoms with Crippen molar-refractivity contribution < 1.29 is 10.0 Å². The molecule has 0 aromatic carbocycles. The van der Waals surface area contributed by atoms with Gasteiger partial charge in [0.2, 0.25) is 0 Å². The van der Waals surface area contributed by atoms with Gasteiger partial charge in [0.15, 0.2) is 5.11 Å². The minimum absolute atomic E-state index is 0.188. The van der Waals surface area contributed by atoms with E-state index in [1.165, 1.54) is 7.05 Å². The van der Waals surface area contributed by atoms with Gasteiger partial charge in [0.1, 0.15) is 0 Å². The first-order valence-electron chi connectivity index (χ1n) is 1.89. The number of thiocarbonyl (C=S) groups is 1. The SMILES string of the molecule is CN(O[N+](=O)[O-])C(N)=S. The van der Waals surface area contributed by atoms with Crippen LogP contribution in [-0.2, 0) is 4.94 Å². The molecule has 0 heterocycles. The van der Waals surface area contributed by atoms with Gasteiger partial charge in [0.05, 0.1) is 0 Å². The molecule has 52 valence electrons. The smallest absolute Gasteiger partial charge is 0.317 e. The maximum Gasteiger partial charge on any atom is 0.317 e. The summed E-state index contributed by atoms with van der Waals surface area (Å²) in [5.41, 5.74) is 4.91. The van der Waals surface area contributed by atoms with Gasteiger partial charge in [-0.25, -0.2) is 0 Å². The van der Waals surface area contributed by atoms with Crippen LogP contribution >= 0.6 is 12.2 Å². The van der Waals surface area contributed by atoms with Crippen LogP contribution in [0.5, 0.6) is 0 Å². The van der Waals surface area contributed by atoms with Crippen molar-refractivity contribution in [2.24, 2.45) is 5.73 Å². The van der Waals surface area contributed by atoms with Crippen LogP contribution < -0.4 is 5.73 Å². The van der Waals surface area contributed by atoms with Crippen LogP contribution in [0.2, 0.25) is 0 Å². The normalized spacial score (nSPS) is 8.11. The summed E-state index contributed by atoms with van der Waals surface area (Å²) in [5, 5.41) is 9.03. The summed E-state index contributed by atoms with van der Waals surface area (Å²) in [4.78, 5) is 13.3. The molecule has 2 N–H and O–H groups in total. The third kappa shape index (κ3) is 3.47. The number of nitrogens with zero attached hydrogens (tertiary/aromatic N) is 2. The Morgan fingerprint density at radius 2 is 2.44 bits per heavy atom. The first-order chi connectivity index (χ1) is 4.04. The number of hydrogen-bond acceptors (Lipinski definition) is 4. The third-order valence-corrected chi connectivity index (χ3v) is 0.757. The van der Waals surface area contributed by atoms with Gasteiger partial charge in [0.25, 0.3) is 0 Å². The molecule has 0 unspecified atom stereocenters. The first-order valence-corrected chi connectivity index (χ1v) is 2.30. The Balaban J connectivity index is 3.63. The minimum Gasteiger partial charge on any atom is -0.375 e. The van der Waals surface area contributed by atoms with Gasteiger partial charge in [-0.2, -0.15) is 10.0 Å². The highest BCUT2D eigenvalue weighted by molar-refractivity contribution is 7.80. The van der Waals surface area contributed by atoms with E-state index < -0.39 is 5.09 Å². The summed E-state index contributed by atoms with van der Waals surface area (Å²) < 4.78 is 0. The zero-order valence-corrected chi connectivity index (χ0v) is 5.42. The number of rotatable bonds is 2. The first kappa shape index (κ1) is 7.89. The summed E-state index contributed by atoms with van der Waals surface area (Å²) in [6.45, 7) is 0. The molecular weight excluding hydrogens is 146 g/mol. The Morgan fingerprint density at radius 1 is 2.00 bits per heavy atom. The van der Waals surface area contributed by atoms with E-state index in [0.29, 0.717) is 5.06 Å². The van der Waals surface area contributed by atoms with Gasteiger partial charge >= 0.3 is 5.09 Å². The van der Waals surface area contributed by atoms with E-state index in [2.05, 4.69) is 17.2 Å². The fraction of sp³-hybridized carbons (Fsp3) is 0.500. The molecule has 0 aliphatic rings. The molecule has 0 fully saturated rings. The topological polar surface area (TPSA) is 81.6 Å². The average Bonchev–Trinajstić information content (AvgIpc) is 1.63. The van der Waals surface area contributed by atoms with Crippen molar-refractivity contribution in [1.82, 2.24) is 5.06 Å². The molecule has 7 heteroatoms. The Hall–Kier alpha value is -1.11. The van der Waals surface area contributed by atoms with Crippen LogP contribution in [-0.4, -0.2) is 22.3 Å². The summed E-state index contributed by atoms with van der Waals surface area (Å²) >= 11 is 4.31. The van der Waals surface area contributed by atoms with E-state index in [4.69, 9.17) is 5.73 Å². The van der Waals surface area contributed by atoms with Crippen LogP contribution in [0.1, 0.15) is 0 Å². The summed E-state index contributed by atoms with van der Waals surface area (Å²) in [5.74, 6) is 0. The van der Waals surface area contributed by atoms with Gasteiger partial charge in [-0.05, 0) is 12.2 Å². The van der Waals surface area contributed by atoms with Crippen LogP contribution in [0.15, 0.2) is 0 Å². The predicted octanol–water partition coefficient (Wildman–Crippen LogP) is -0.715. The second-order valence-electron chi connectivity index (χ2n) is 1.14. The number of hydroxylamine groups is 2. The van der Waals surface area contributed by atoms with Gasteiger partial charge in [-0.3, -0.25) is 0 Å². The highest BCUT2D eigenvalue weighted by Crippen LogP contribution is 1.82. The Morgan fingerprint density at radius 3 is 2.56 bits per heavy atom. The average molecular weight is 151 g/mol. The van der Waals surface area contributed by atoms with E-state index in [1.54, 1.807) is 0 Å². The molecule has 0 rings (SSSR count). The summed E-state index contributed by atoms with van der Waals surface area (Å²) in [7, 11) is 1.24. The van der Waals surface area contributed by atoms with Crippen LogP contribution in [0.3, 0.4) is 0 Å². The molecule has 0 bridgehead atoms. The van der Waals surface area contributed by atoms with E-state index in [1.807, 2.05) is 0 Å². The highest BCUT2D eigenvalue weighted by atomic mass is 32.1. The molecule has 0 saturated carbocycles. The maximum absolute atomic E-state index is 9.54. The number of nitrogens with two attached hydrogens (primary N) is 1. The van der Waals surface area contributed by atoms with Crippen LogP contribution in [0, 0.1) is 10.1 Å². The standard InChI is InChI=1S/C2H5N3O3S/c1-4(2(3)9)8-5(6)7/h1H3,(H2,3,9). The minimum atomic E-state index is -1.00.